The Bertz CT molecular complexity index is 652. The van der Waals surface area contributed by atoms with E-state index in [1.165, 1.54) is 0 Å². The Balaban J connectivity index is 1.97. The number of nitrogens with one attached hydrogen (secondary N) is 2. The van der Waals surface area contributed by atoms with Crippen LogP contribution in [0.4, 0.5) is 4.79 Å². The number of amides is 4. The van der Waals surface area contributed by atoms with Gasteiger partial charge in [0.1, 0.15) is 12.1 Å². The molecule has 8 nitrogen and oxygen atoms in total. The number of rotatable bonds is 4. The van der Waals surface area contributed by atoms with Crippen LogP contribution in [0.15, 0.2) is 0 Å². The molecule has 4 amide bonds. The summed E-state index contributed by atoms with van der Waals surface area (Å²) in [5, 5.41) is 5.48. The van der Waals surface area contributed by atoms with Gasteiger partial charge in [-0.2, -0.15) is 0 Å². The first kappa shape index (κ1) is 21.2. The minimum absolute atomic E-state index is 0.0812. The Morgan fingerprint density at radius 3 is 2.44 bits per heavy atom. The van der Waals surface area contributed by atoms with Crippen LogP contribution in [-0.4, -0.2) is 52.9 Å². The quantitative estimate of drug-likeness (QED) is 0.568. The maximum atomic E-state index is 12.9. The molecule has 0 aromatic rings. The molecule has 1 spiro atoms. The smallest absolute Gasteiger partial charge is 0.326 e. The standard InChI is InChI=1S/C19H31N3O5/c1-12-7-18(5,6)11-19(8-12)15(25)22(16(26)21-19)9-14(24)27-10-13(23)20-17(2,3)4/h12H,7-11H2,1-6H3,(H,20,23)(H,21,26)/t12-,19+/m0/s1. The van der Waals surface area contributed by atoms with E-state index >= 15 is 0 Å². The summed E-state index contributed by atoms with van der Waals surface area (Å²) in [5.41, 5.74) is -1.48. The molecule has 1 aliphatic carbocycles. The summed E-state index contributed by atoms with van der Waals surface area (Å²) in [6.45, 7) is 10.7. The molecule has 2 fully saturated rings. The fourth-order valence-electron chi connectivity index (χ4n) is 4.42. The molecule has 1 saturated heterocycles. The number of ether oxygens (including phenoxy) is 1. The van der Waals surface area contributed by atoms with Gasteiger partial charge in [0.25, 0.3) is 11.8 Å². The van der Waals surface area contributed by atoms with Crippen LogP contribution in [0.1, 0.15) is 60.8 Å². The lowest BCUT2D eigenvalue weighted by molar-refractivity contribution is -0.151. The molecule has 27 heavy (non-hydrogen) atoms. The molecule has 0 radical (unpaired) electrons. The van der Waals surface area contributed by atoms with E-state index in [4.69, 9.17) is 4.74 Å². The van der Waals surface area contributed by atoms with Gasteiger partial charge in [-0.05, 0) is 51.4 Å². The average Bonchev–Trinajstić information content (AvgIpc) is 2.65. The molecular weight excluding hydrogens is 350 g/mol. The normalized spacial score (nSPS) is 27.5. The van der Waals surface area contributed by atoms with Crippen molar-refractivity contribution >= 4 is 23.8 Å². The molecule has 2 rings (SSSR count). The van der Waals surface area contributed by atoms with Gasteiger partial charge in [-0.3, -0.25) is 19.3 Å². The van der Waals surface area contributed by atoms with E-state index in [2.05, 4.69) is 31.4 Å². The summed E-state index contributed by atoms with van der Waals surface area (Å²) in [4.78, 5) is 50.0. The van der Waals surface area contributed by atoms with Gasteiger partial charge in [0.2, 0.25) is 0 Å². The van der Waals surface area contributed by atoms with Gasteiger partial charge in [-0.15, -0.1) is 0 Å². The summed E-state index contributed by atoms with van der Waals surface area (Å²) in [6.07, 6.45) is 2.07. The summed E-state index contributed by atoms with van der Waals surface area (Å²) in [6, 6.07) is -0.582. The van der Waals surface area contributed by atoms with Crippen LogP contribution in [0, 0.1) is 11.3 Å². The molecule has 0 aromatic carbocycles. The third-order valence-electron chi connectivity index (χ3n) is 4.79. The highest BCUT2D eigenvalue weighted by atomic mass is 16.5. The predicted molar refractivity (Wildman–Crippen MR) is 98.6 cm³/mol. The van der Waals surface area contributed by atoms with Crippen molar-refractivity contribution in [3.05, 3.63) is 0 Å². The van der Waals surface area contributed by atoms with Crippen molar-refractivity contribution in [1.82, 2.24) is 15.5 Å². The van der Waals surface area contributed by atoms with Crippen molar-refractivity contribution in [1.29, 1.82) is 0 Å². The lowest BCUT2D eigenvalue weighted by Crippen LogP contribution is -2.54. The summed E-state index contributed by atoms with van der Waals surface area (Å²) in [5.74, 6) is -1.33. The van der Waals surface area contributed by atoms with Gasteiger partial charge in [-0.1, -0.05) is 20.8 Å². The second-order valence-electron chi connectivity index (χ2n) is 9.72. The zero-order valence-corrected chi connectivity index (χ0v) is 17.1. The topological polar surface area (TPSA) is 105 Å². The van der Waals surface area contributed by atoms with Crippen LogP contribution in [0.5, 0.6) is 0 Å². The summed E-state index contributed by atoms with van der Waals surface area (Å²) in [7, 11) is 0. The van der Waals surface area contributed by atoms with E-state index in [1.54, 1.807) is 0 Å². The molecule has 2 aliphatic rings. The van der Waals surface area contributed by atoms with Gasteiger partial charge in [0.05, 0.1) is 0 Å². The van der Waals surface area contributed by atoms with E-state index in [-0.39, 0.29) is 17.2 Å². The highest BCUT2D eigenvalue weighted by molar-refractivity contribution is 6.08. The van der Waals surface area contributed by atoms with Crippen molar-refractivity contribution < 1.29 is 23.9 Å². The molecule has 8 heteroatoms. The van der Waals surface area contributed by atoms with Crippen molar-refractivity contribution in [2.24, 2.45) is 11.3 Å². The number of hydrogen-bond acceptors (Lipinski definition) is 5. The van der Waals surface area contributed by atoms with Crippen molar-refractivity contribution in [3.8, 4) is 0 Å². The second kappa shape index (κ2) is 7.13. The third kappa shape index (κ3) is 5.20. The largest absolute Gasteiger partial charge is 0.454 e. The Kier molecular flexibility index (Phi) is 5.59. The average molecular weight is 381 g/mol. The number of hydrogen-bond donors (Lipinski definition) is 2. The van der Waals surface area contributed by atoms with Crippen LogP contribution in [0.25, 0.3) is 0 Å². The molecule has 0 aromatic heterocycles. The van der Waals surface area contributed by atoms with Gasteiger partial charge in [0, 0.05) is 5.54 Å². The molecule has 0 unspecified atom stereocenters. The number of esters is 1. The molecular formula is C19H31N3O5. The number of carbonyl (C=O) groups is 4. The number of urea groups is 1. The predicted octanol–water partition coefficient (Wildman–Crippen LogP) is 1.58. The lowest BCUT2D eigenvalue weighted by atomic mass is 9.64. The summed E-state index contributed by atoms with van der Waals surface area (Å²) >= 11 is 0. The van der Waals surface area contributed by atoms with Gasteiger partial charge >= 0.3 is 12.0 Å². The molecule has 1 heterocycles. The highest BCUT2D eigenvalue weighted by Crippen LogP contribution is 2.46. The highest BCUT2D eigenvalue weighted by Gasteiger charge is 2.56. The molecule has 1 aliphatic heterocycles. The SMILES string of the molecule is C[C@H]1CC(C)(C)C[C@@]2(C1)NC(=O)N(CC(=O)OCC(=O)NC(C)(C)C)C2=O. The molecule has 2 atom stereocenters. The van der Waals surface area contributed by atoms with Crippen LogP contribution in [0.3, 0.4) is 0 Å². The fourth-order valence-corrected chi connectivity index (χ4v) is 4.42. The summed E-state index contributed by atoms with van der Waals surface area (Å²) < 4.78 is 4.92. The van der Waals surface area contributed by atoms with E-state index in [0.717, 1.165) is 11.3 Å². The maximum absolute atomic E-state index is 12.9. The van der Waals surface area contributed by atoms with Crippen molar-refractivity contribution in [3.63, 3.8) is 0 Å². The third-order valence-corrected chi connectivity index (χ3v) is 4.79. The van der Waals surface area contributed by atoms with Gasteiger partial charge < -0.3 is 15.4 Å². The lowest BCUT2D eigenvalue weighted by Gasteiger charge is -2.43. The Morgan fingerprint density at radius 2 is 1.89 bits per heavy atom. The van der Waals surface area contributed by atoms with Crippen molar-refractivity contribution in [2.45, 2.75) is 71.9 Å². The van der Waals surface area contributed by atoms with E-state index in [9.17, 15) is 19.2 Å². The zero-order valence-electron chi connectivity index (χ0n) is 17.1. The Labute approximate surface area is 160 Å². The first-order chi connectivity index (χ1) is 12.2. The van der Waals surface area contributed by atoms with E-state index in [1.807, 2.05) is 20.8 Å². The Hall–Kier alpha value is -2.12. The van der Waals surface area contributed by atoms with Crippen LogP contribution >= 0.6 is 0 Å². The fraction of sp³-hybridized carbons (Fsp3) is 0.789. The number of carbonyl (C=O) groups excluding carboxylic acids is 4. The first-order valence-corrected chi connectivity index (χ1v) is 9.34. The van der Waals surface area contributed by atoms with Crippen LogP contribution in [0.2, 0.25) is 0 Å². The molecule has 2 N–H and O–H groups in total. The molecule has 0 bridgehead atoms. The first-order valence-electron chi connectivity index (χ1n) is 9.34. The van der Waals surface area contributed by atoms with E-state index < -0.39 is 42.1 Å². The minimum Gasteiger partial charge on any atom is -0.454 e. The van der Waals surface area contributed by atoms with Gasteiger partial charge in [0.15, 0.2) is 6.61 Å². The van der Waals surface area contributed by atoms with E-state index in [0.29, 0.717) is 12.8 Å². The maximum Gasteiger partial charge on any atom is 0.326 e. The number of nitrogens with zero attached hydrogens (tertiary/aromatic N) is 1. The molecule has 1 saturated carbocycles. The monoisotopic (exact) mass is 381 g/mol. The molecule has 152 valence electrons. The Morgan fingerprint density at radius 1 is 1.26 bits per heavy atom. The van der Waals surface area contributed by atoms with Gasteiger partial charge in [-0.25, -0.2) is 4.79 Å². The zero-order chi connectivity index (χ0) is 20.6. The van der Waals surface area contributed by atoms with Crippen molar-refractivity contribution in [2.75, 3.05) is 13.2 Å². The minimum atomic E-state index is -0.956. The second-order valence-corrected chi connectivity index (χ2v) is 9.72. The van der Waals surface area contributed by atoms with Crippen LogP contribution in [-0.2, 0) is 19.1 Å². The van der Waals surface area contributed by atoms with Crippen LogP contribution < -0.4 is 10.6 Å². The number of imide groups is 1.